The zero-order valence-corrected chi connectivity index (χ0v) is 14.0. The van der Waals surface area contributed by atoms with Gasteiger partial charge in [0, 0.05) is 0 Å². The monoisotopic (exact) mass is 363 g/mol. The number of benzene rings is 2. The zero-order chi connectivity index (χ0) is 18.7. The number of hydrogen-bond acceptors (Lipinski definition) is 2. The molecular weight excluding hydrogens is 343 g/mol. The topological polar surface area (TPSA) is 49.3 Å². The van der Waals surface area contributed by atoms with Crippen molar-refractivity contribution in [2.75, 3.05) is 0 Å². The highest BCUT2D eigenvalue weighted by Crippen LogP contribution is 2.38. The number of carbonyl (C=O) groups is 1. The highest BCUT2D eigenvalue weighted by atomic mass is 19.4. The second kappa shape index (κ2) is 7.50. The van der Waals surface area contributed by atoms with E-state index in [9.17, 15) is 23.1 Å². The molecule has 0 saturated heterocycles. The van der Waals surface area contributed by atoms with Crippen molar-refractivity contribution >= 4 is 5.91 Å². The van der Waals surface area contributed by atoms with E-state index in [2.05, 4.69) is 5.32 Å². The molecular formula is C20H20F3NO2. The Balaban J connectivity index is 1.70. The molecule has 1 aliphatic rings. The number of hydrogen-bond donors (Lipinski definition) is 2. The third-order valence-corrected chi connectivity index (χ3v) is 4.72. The average molecular weight is 363 g/mol. The van der Waals surface area contributed by atoms with Crippen LogP contribution in [-0.2, 0) is 17.4 Å². The van der Waals surface area contributed by atoms with Crippen LogP contribution in [0.1, 0.15) is 35.6 Å². The molecule has 3 rings (SSSR count). The van der Waals surface area contributed by atoms with Crippen LogP contribution in [0.15, 0.2) is 54.6 Å². The number of rotatable bonds is 5. The van der Waals surface area contributed by atoms with Gasteiger partial charge in [0.25, 0.3) is 0 Å². The Morgan fingerprint density at radius 1 is 1.12 bits per heavy atom. The lowest BCUT2D eigenvalue weighted by Crippen LogP contribution is -2.41. The first-order valence-corrected chi connectivity index (χ1v) is 8.51. The molecule has 6 heteroatoms. The molecule has 1 amide bonds. The summed E-state index contributed by atoms with van der Waals surface area (Å²) in [5.74, 6) is -0.211. The summed E-state index contributed by atoms with van der Waals surface area (Å²) >= 11 is 0. The SMILES string of the molecule is O=C(Cc1cccc(C(F)(F)F)c1)N[C@@H](c1ccccc1)C1CC(O)C1. The minimum atomic E-state index is -4.43. The van der Waals surface area contributed by atoms with Gasteiger partial charge in [-0.3, -0.25) is 4.79 Å². The molecule has 0 heterocycles. The Morgan fingerprint density at radius 2 is 1.81 bits per heavy atom. The molecule has 26 heavy (non-hydrogen) atoms. The van der Waals surface area contributed by atoms with Gasteiger partial charge >= 0.3 is 6.18 Å². The van der Waals surface area contributed by atoms with Crippen LogP contribution in [0.2, 0.25) is 0 Å². The van der Waals surface area contributed by atoms with Crippen molar-refractivity contribution in [2.24, 2.45) is 5.92 Å². The molecule has 1 atom stereocenters. The molecule has 2 aromatic carbocycles. The summed E-state index contributed by atoms with van der Waals surface area (Å²) < 4.78 is 38.4. The van der Waals surface area contributed by atoms with Crippen LogP contribution in [0.3, 0.4) is 0 Å². The number of nitrogens with one attached hydrogen (secondary N) is 1. The molecule has 2 aromatic rings. The van der Waals surface area contributed by atoms with E-state index in [0.717, 1.165) is 17.7 Å². The maximum absolute atomic E-state index is 12.8. The van der Waals surface area contributed by atoms with E-state index in [1.165, 1.54) is 12.1 Å². The van der Waals surface area contributed by atoms with E-state index in [1.54, 1.807) is 0 Å². The fraction of sp³-hybridized carbons (Fsp3) is 0.350. The summed E-state index contributed by atoms with van der Waals surface area (Å²) in [5, 5.41) is 12.5. The molecule has 3 nitrogen and oxygen atoms in total. The van der Waals surface area contributed by atoms with Crippen LogP contribution in [0.5, 0.6) is 0 Å². The Hall–Kier alpha value is -2.34. The van der Waals surface area contributed by atoms with Crippen molar-refractivity contribution in [3.63, 3.8) is 0 Å². The molecule has 0 radical (unpaired) electrons. The summed E-state index contributed by atoms with van der Waals surface area (Å²) in [6.45, 7) is 0. The first-order chi connectivity index (χ1) is 12.3. The van der Waals surface area contributed by atoms with Gasteiger partial charge in [-0.1, -0.05) is 48.5 Å². The predicted molar refractivity (Wildman–Crippen MR) is 91.2 cm³/mol. The van der Waals surface area contributed by atoms with Gasteiger partial charge in [-0.2, -0.15) is 13.2 Å². The maximum atomic E-state index is 12.8. The Morgan fingerprint density at radius 3 is 2.42 bits per heavy atom. The lowest BCUT2D eigenvalue weighted by atomic mass is 9.75. The predicted octanol–water partition coefficient (Wildman–Crippen LogP) is 3.88. The van der Waals surface area contributed by atoms with Gasteiger partial charge in [0.05, 0.1) is 24.1 Å². The Bertz CT molecular complexity index is 755. The molecule has 0 bridgehead atoms. The van der Waals surface area contributed by atoms with Crippen LogP contribution in [0.25, 0.3) is 0 Å². The molecule has 1 fully saturated rings. The summed E-state index contributed by atoms with van der Waals surface area (Å²) in [6.07, 6.45) is -3.71. The van der Waals surface area contributed by atoms with Crippen LogP contribution in [-0.4, -0.2) is 17.1 Å². The molecule has 0 unspecified atom stereocenters. The highest BCUT2D eigenvalue weighted by molar-refractivity contribution is 5.79. The van der Waals surface area contributed by atoms with Gasteiger partial charge in [0.2, 0.25) is 5.91 Å². The van der Waals surface area contributed by atoms with Crippen molar-refractivity contribution in [1.82, 2.24) is 5.32 Å². The zero-order valence-electron chi connectivity index (χ0n) is 14.0. The standard InChI is InChI=1S/C20H20F3NO2/c21-20(22,23)16-8-4-5-13(9-16)10-18(26)24-19(15-11-17(25)12-15)14-6-2-1-3-7-14/h1-9,15,17,19,25H,10-12H2,(H,24,26)/t15?,17?,19-/m0/s1. The number of aliphatic hydroxyl groups excluding tert-OH is 1. The quantitative estimate of drug-likeness (QED) is 0.847. The Kier molecular flexibility index (Phi) is 5.32. The van der Waals surface area contributed by atoms with Crippen LogP contribution >= 0.6 is 0 Å². The van der Waals surface area contributed by atoms with Crippen molar-refractivity contribution < 1.29 is 23.1 Å². The number of aliphatic hydroxyl groups is 1. The molecule has 0 spiro atoms. The second-order valence-corrected chi connectivity index (χ2v) is 6.72. The van der Waals surface area contributed by atoms with Gasteiger partial charge in [-0.05, 0) is 36.0 Å². The number of halogens is 3. The number of amides is 1. The second-order valence-electron chi connectivity index (χ2n) is 6.72. The van der Waals surface area contributed by atoms with E-state index in [1.807, 2.05) is 30.3 Å². The third-order valence-electron chi connectivity index (χ3n) is 4.72. The van der Waals surface area contributed by atoms with Gasteiger partial charge in [0.1, 0.15) is 0 Å². The third kappa shape index (κ3) is 4.43. The minimum absolute atomic E-state index is 0.122. The summed E-state index contributed by atoms with van der Waals surface area (Å²) in [4.78, 5) is 12.4. The molecule has 0 aromatic heterocycles. The van der Waals surface area contributed by atoms with E-state index in [0.29, 0.717) is 18.4 Å². The highest BCUT2D eigenvalue weighted by Gasteiger charge is 2.35. The fourth-order valence-corrected chi connectivity index (χ4v) is 3.30. The fourth-order valence-electron chi connectivity index (χ4n) is 3.30. The Labute approximate surface area is 149 Å². The van der Waals surface area contributed by atoms with E-state index < -0.39 is 11.7 Å². The van der Waals surface area contributed by atoms with E-state index >= 15 is 0 Å². The van der Waals surface area contributed by atoms with Gasteiger partial charge < -0.3 is 10.4 Å². The largest absolute Gasteiger partial charge is 0.416 e. The summed E-state index contributed by atoms with van der Waals surface area (Å²) in [6, 6.07) is 14.0. The molecule has 2 N–H and O–H groups in total. The van der Waals surface area contributed by atoms with Crippen molar-refractivity contribution in [2.45, 2.75) is 37.6 Å². The first-order valence-electron chi connectivity index (χ1n) is 8.51. The summed E-state index contributed by atoms with van der Waals surface area (Å²) in [7, 11) is 0. The van der Waals surface area contributed by atoms with Crippen LogP contribution in [0, 0.1) is 5.92 Å². The minimum Gasteiger partial charge on any atom is -0.393 e. The van der Waals surface area contributed by atoms with E-state index in [4.69, 9.17) is 0 Å². The van der Waals surface area contributed by atoms with Crippen LogP contribution in [0.4, 0.5) is 13.2 Å². The van der Waals surface area contributed by atoms with Gasteiger partial charge in [-0.15, -0.1) is 0 Å². The van der Waals surface area contributed by atoms with Crippen molar-refractivity contribution in [3.8, 4) is 0 Å². The maximum Gasteiger partial charge on any atom is 0.416 e. The van der Waals surface area contributed by atoms with Crippen molar-refractivity contribution in [3.05, 3.63) is 71.3 Å². The van der Waals surface area contributed by atoms with Crippen LogP contribution < -0.4 is 5.32 Å². The van der Waals surface area contributed by atoms with E-state index in [-0.39, 0.29) is 30.4 Å². The number of alkyl halides is 3. The normalized spacial score (nSPS) is 20.9. The lowest BCUT2D eigenvalue weighted by molar-refractivity contribution is -0.137. The summed E-state index contributed by atoms with van der Waals surface area (Å²) in [5.41, 5.74) is 0.490. The lowest BCUT2D eigenvalue weighted by Gasteiger charge is -2.38. The molecule has 0 aliphatic heterocycles. The van der Waals surface area contributed by atoms with Gasteiger partial charge in [-0.25, -0.2) is 0 Å². The number of carbonyl (C=O) groups excluding carboxylic acids is 1. The first kappa shape index (κ1) is 18.5. The molecule has 138 valence electrons. The molecule has 1 saturated carbocycles. The molecule has 1 aliphatic carbocycles. The average Bonchev–Trinajstić information content (AvgIpc) is 2.57. The van der Waals surface area contributed by atoms with Crippen molar-refractivity contribution in [1.29, 1.82) is 0 Å². The smallest absolute Gasteiger partial charge is 0.393 e. The van der Waals surface area contributed by atoms with Gasteiger partial charge in [0.15, 0.2) is 0 Å².